The number of nitrogens with two attached hydrogens (primary N) is 1. The molecule has 8 aliphatic rings. The number of hydrogen-bond acceptors (Lipinski definition) is 24. The predicted octanol–water partition coefficient (Wildman–Crippen LogP) is 10.1. The van der Waals surface area contributed by atoms with E-state index >= 15 is 0 Å². The monoisotopic (exact) mass is 1570 g/mol. The van der Waals surface area contributed by atoms with Gasteiger partial charge in [0.15, 0.2) is 0 Å². The van der Waals surface area contributed by atoms with Gasteiger partial charge in [-0.05, 0) is 139 Å². The van der Waals surface area contributed by atoms with Gasteiger partial charge in [-0.3, -0.25) is 14.7 Å². The van der Waals surface area contributed by atoms with E-state index in [-0.39, 0.29) is 17.6 Å². The molecule has 27 nitrogen and oxygen atoms in total. The molecule has 12 aromatic rings. The molecule has 4 N–H and O–H groups in total. The van der Waals surface area contributed by atoms with E-state index in [0.717, 1.165) is 126 Å². The average Bonchev–Trinajstić information content (AvgIpc) is 1.56. The van der Waals surface area contributed by atoms with E-state index in [0.29, 0.717) is 99.3 Å². The van der Waals surface area contributed by atoms with Crippen molar-refractivity contribution >= 4 is 34.0 Å². The Hall–Kier alpha value is -13.3. The van der Waals surface area contributed by atoms with Crippen LogP contribution in [0.1, 0.15) is 120 Å². The molecule has 0 radical (unpaired) electrons. The van der Waals surface area contributed by atoms with Gasteiger partial charge < -0.3 is 44.9 Å². The minimum Gasteiger partial charge on any atom is -0.481 e. The molecule has 7 saturated heterocycles. The molecule has 19 heterocycles. The van der Waals surface area contributed by atoms with Gasteiger partial charge in [-0.1, -0.05) is 53.7 Å². The van der Waals surface area contributed by atoms with Crippen molar-refractivity contribution in [3.8, 4) is 105 Å². The molecule has 4 unspecified atom stereocenters. The van der Waals surface area contributed by atoms with Crippen LogP contribution in [0.15, 0.2) is 165 Å². The lowest BCUT2D eigenvalue weighted by atomic mass is 9.87. The molecule has 0 aromatic carbocycles. The van der Waals surface area contributed by atoms with Gasteiger partial charge in [-0.25, -0.2) is 43.5 Å². The molecule has 1 saturated carbocycles. The fraction of sp³-hybridized carbons (Fsp3) is 0.341. The number of piperidine rings is 2. The third kappa shape index (κ3) is 17.2. The molecular weight excluding hydrogens is 1480 g/mol. The molecule has 20 rings (SSSR count). The van der Waals surface area contributed by atoms with Crippen molar-refractivity contribution in [3.63, 3.8) is 0 Å². The first-order valence-corrected chi connectivity index (χ1v) is 39.2. The zero-order chi connectivity index (χ0) is 83.9. The minimum atomic E-state index is -1.63. The molecular formula is C91H90N22O5. The van der Waals surface area contributed by atoms with Crippen molar-refractivity contribution in [1.82, 2.24) is 73.4 Å². The smallest absolute Gasteiger partial charge is 0.212 e. The molecule has 6 atom stereocenters. The lowest BCUT2D eigenvalue weighted by molar-refractivity contribution is -0.00879. The molecule has 12 aromatic heterocycles. The number of hydrogen-bond donors (Lipinski definition) is 3. The van der Waals surface area contributed by atoms with Crippen molar-refractivity contribution in [2.75, 3.05) is 75.3 Å². The summed E-state index contributed by atoms with van der Waals surface area (Å²) in [5, 5.41) is 62.2. The summed E-state index contributed by atoms with van der Waals surface area (Å²) in [5.74, 6) is 22.5. The number of anilines is 3. The summed E-state index contributed by atoms with van der Waals surface area (Å²) in [4.78, 5) is 41.2. The van der Waals surface area contributed by atoms with Crippen LogP contribution in [-0.4, -0.2) is 197 Å². The van der Waals surface area contributed by atoms with E-state index < -0.39 is 17.7 Å². The van der Waals surface area contributed by atoms with E-state index in [1.165, 1.54) is 18.2 Å². The van der Waals surface area contributed by atoms with Gasteiger partial charge in [0.1, 0.15) is 46.9 Å². The van der Waals surface area contributed by atoms with E-state index in [4.69, 9.17) is 37.6 Å². The molecule has 0 spiro atoms. The molecule has 27 heteroatoms. The number of piperazine rings is 3. The van der Waals surface area contributed by atoms with Crippen LogP contribution in [0, 0.1) is 69.5 Å². The highest BCUT2D eigenvalue weighted by molar-refractivity contribution is 5.88. The van der Waals surface area contributed by atoms with Gasteiger partial charge in [-0.15, -0.1) is 0 Å². The number of pyridine rings is 9. The predicted molar refractivity (Wildman–Crippen MR) is 448 cm³/mol. The zero-order valence-electron chi connectivity index (χ0n) is 69.1. The maximum Gasteiger partial charge on any atom is 0.212 e. The van der Waals surface area contributed by atoms with Crippen LogP contribution in [-0.2, 0) is 19.6 Å². The van der Waals surface area contributed by atoms with Crippen molar-refractivity contribution in [2.45, 2.75) is 140 Å². The number of fused-ring (bicyclic) bond motifs is 7. The number of methoxy groups -OCH3 is 3. The number of aliphatic hydroxyl groups is 2. The number of aromatic nitrogens is 12. The molecule has 1 aliphatic carbocycles. The SMILES string of the molecule is COc1ccc(CN2C3CC2CN(c2ccc(-c4cc(C#CC5(N)CC5)cn5ncc(C#N)c45)cn2)C3)cn1.COc1ccc(CN2[C@H](C)CN(c3ccc(-c4cc(C#CC(C)(C)O)cn5ncc(C#N)c45)cn3)C[C@@H]2C)cn1.[2H]C([2H])(c1ccc(OC)nc1)N1C2CC1CN(c1ccc(-c3cc(C#CC(C)(C)O)cn4ncc(C#N)c34)cn1)C2. The van der Waals surface area contributed by atoms with Crippen LogP contribution in [0.5, 0.6) is 17.6 Å². The van der Waals surface area contributed by atoms with E-state index in [9.17, 15) is 26.0 Å². The van der Waals surface area contributed by atoms with Gasteiger partial charge in [0.05, 0.1) is 78.7 Å². The summed E-state index contributed by atoms with van der Waals surface area (Å²) in [6.07, 6.45) is 24.9. The highest BCUT2D eigenvalue weighted by Gasteiger charge is 2.46. The minimum absolute atomic E-state index is 0.0583. The van der Waals surface area contributed by atoms with Gasteiger partial charge in [-0.2, -0.15) is 31.1 Å². The third-order valence-electron chi connectivity index (χ3n) is 22.2. The molecule has 4 bridgehead atoms. The fourth-order valence-electron chi connectivity index (χ4n) is 15.9. The third-order valence-corrected chi connectivity index (χ3v) is 22.2. The Kier molecular flexibility index (Phi) is 21.1. The van der Waals surface area contributed by atoms with Crippen LogP contribution in [0.2, 0.25) is 0 Å². The summed E-state index contributed by atoms with van der Waals surface area (Å²) in [7, 11) is 4.80. The quantitative estimate of drug-likeness (QED) is 0.0803. The second-order valence-electron chi connectivity index (χ2n) is 31.9. The van der Waals surface area contributed by atoms with E-state index in [1.54, 1.807) is 112 Å². The van der Waals surface area contributed by atoms with Crippen molar-refractivity contribution < 1.29 is 27.2 Å². The van der Waals surface area contributed by atoms with Crippen molar-refractivity contribution in [1.29, 1.82) is 15.8 Å². The summed E-state index contributed by atoms with van der Waals surface area (Å²) in [6.45, 7) is 16.0. The van der Waals surface area contributed by atoms with Crippen molar-refractivity contribution in [2.24, 2.45) is 5.73 Å². The Balaban J connectivity index is 0.000000134. The van der Waals surface area contributed by atoms with Gasteiger partial charge in [0.2, 0.25) is 17.6 Å². The summed E-state index contributed by atoms with van der Waals surface area (Å²) >= 11 is 0. The fourth-order valence-corrected chi connectivity index (χ4v) is 15.9. The van der Waals surface area contributed by atoms with Gasteiger partial charge in [0.25, 0.3) is 0 Å². The second-order valence-corrected chi connectivity index (χ2v) is 31.9. The van der Waals surface area contributed by atoms with Crippen LogP contribution >= 0.6 is 0 Å². The second kappa shape index (κ2) is 32.8. The molecule has 594 valence electrons. The van der Waals surface area contributed by atoms with Crippen LogP contribution in [0.3, 0.4) is 0 Å². The lowest BCUT2D eigenvalue weighted by Crippen LogP contribution is -2.68. The standard InChI is InChI=1S/C31H33N7O2.C30H28N8O.C30H29N7O2/c1-21-17-36(18-22(2)37(21)19-24-6-9-29(40-5)34-14-24)28-8-7-25(15-33-28)27-12-23(10-11-31(3,4)39)20-38-30(27)26(13-32)16-35-38;1-39-28-5-2-21(13-34-28)16-37-24-11-25(37)19-36(18-24)27-4-3-22(14-33-27)26-10-20(6-7-30(32)8-9-30)17-38-29(26)23(12-31)15-35-38;1-30(2,38)9-8-20-10-26(29-23(12-31)15-34-37(29)17-20)22-5-6-27(32-14-22)35-18-24-11-25(19-35)36(24)16-21-4-7-28(39-3)33-13-21/h6-9,12,14-16,20-22,39H,17-19H2,1-5H3;2-5,10,13-15,17,24-25H,8-9,11,16,18-19,32H2,1H3;4-7,10,13-15,17,24-25,38H,11,16,18-19H2,1-3H3/t21-,22+;;/i;;16D2. The van der Waals surface area contributed by atoms with Gasteiger partial charge >= 0.3 is 0 Å². The first-order chi connectivity index (χ1) is 57.7. The van der Waals surface area contributed by atoms with Gasteiger partial charge in [0, 0.05) is 222 Å². The lowest BCUT2D eigenvalue weighted by Gasteiger charge is -2.56. The highest BCUT2D eigenvalue weighted by Crippen LogP contribution is 2.40. The normalized spacial score (nSPS) is 19.5. The highest BCUT2D eigenvalue weighted by atomic mass is 16.5. The van der Waals surface area contributed by atoms with Crippen LogP contribution in [0.4, 0.5) is 17.5 Å². The van der Waals surface area contributed by atoms with Crippen LogP contribution < -0.4 is 34.6 Å². The number of rotatable bonds is 15. The Morgan fingerprint density at radius 2 is 0.814 bits per heavy atom. The number of ether oxygens (including phenoxy) is 3. The first-order valence-electron chi connectivity index (χ1n) is 40.2. The number of nitrogens with zero attached hydrogens (tertiary/aromatic N) is 21. The largest absolute Gasteiger partial charge is 0.481 e. The maximum absolute atomic E-state index is 10.1. The number of nitriles is 3. The molecule has 118 heavy (non-hydrogen) atoms. The summed E-state index contributed by atoms with van der Waals surface area (Å²) in [6, 6.07) is 37.8. The van der Waals surface area contributed by atoms with E-state index in [2.05, 4.69) is 147 Å². The average molecular weight is 1570 g/mol. The summed E-state index contributed by atoms with van der Waals surface area (Å²) < 4.78 is 38.2. The Morgan fingerprint density at radius 1 is 0.458 bits per heavy atom. The Labute approximate surface area is 688 Å². The molecule has 7 aliphatic heterocycles. The Bertz CT molecular complexity index is 6130. The first kappa shape index (κ1) is 76.0. The van der Waals surface area contributed by atoms with Crippen LogP contribution in [0.25, 0.3) is 49.9 Å². The molecule has 8 fully saturated rings. The van der Waals surface area contributed by atoms with Crippen molar-refractivity contribution in [3.05, 3.63) is 215 Å². The topological polar surface area (TPSA) is 314 Å². The maximum atomic E-state index is 10.1. The molecule has 0 amide bonds. The summed E-state index contributed by atoms with van der Waals surface area (Å²) in [5.41, 5.74) is 17.2. The zero-order valence-corrected chi connectivity index (χ0v) is 67.1. The van der Waals surface area contributed by atoms with E-state index in [1.807, 2.05) is 90.5 Å². The Morgan fingerprint density at radius 3 is 1.14 bits per heavy atom.